The van der Waals surface area contributed by atoms with Crippen LogP contribution in [-0.4, -0.2) is 25.9 Å². The summed E-state index contributed by atoms with van der Waals surface area (Å²) in [4.78, 5) is 2.19. The molecule has 0 atom stereocenters. The number of aliphatic hydroxyl groups excluding tert-OH is 1. The van der Waals surface area contributed by atoms with Crippen molar-refractivity contribution in [3.05, 3.63) is 10.5 Å². The Morgan fingerprint density at radius 2 is 2.12 bits per heavy atom. The summed E-state index contributed by atoms with van der Waals surface area (Å²) in [6, 6.07) is 0. The molecule has 0 saturated heterocycles. The molecular formula is C6H13AlO. The van der Waals surface area contributed by atoms with Crippen molar-refractivity contribution >= 4 is 14.1 Å². The Morgan fingerprint density at radius 1 is 1.62 bits per heavy atom. The van der Waals surface area contributed by atoms with E-state index in [4.69, 9.17) is 5.11 Å². The highest BCUT2D eigenvalue weighted by Crippen LogP contribution is 1.91. The van der Waals surface area contributed by atoms with Gasteiger partial charge in [-0.25, -0.2) is 0 Å². The van der Waals surface area contributed by atoms with Gasteiger partial charge in [0.1, 0.15) is 0 Å². The number of hydrogen-bond acceptors (Lipinski definition) is 1. The van der Waals surface area contributed by atoms with Crippen LogP contribution < -0.4 is 0 Å². The minimum atomic E-state index is -0.568. The van der Waals surface area contributed by atoms with Crippen LogP contribution in [0.1, 0.15) is 6.92 Å². The summed E-state index contributed by atoms with van der Waals surface area (Å²) in [5, 5.41) is 8.54. The summed E-state index contributed by atoms with van der Waals surface area (Å²) in [5.74, 6) is 4.47. The number of rotatable bonds is 2. The molecule has 46 valence electrons. The van der Waals surface area contributed by atoms with Gasteiger partial charge >= 0.3 is 0 Å². The standard InChI is InChI=1S/C4H7O.2CH3.Al/c1-4(2)3-5;;;/h1,5H,3H2,2H3;2*1H3;. The van der Waals surface area contributed by atoms with Crippen molar-refractivity contribution in [2.45, 2.75) is 18.5 Å². The van der Waals surface area contributed by atoms with Crippen LogP contribution in [0.5, 0.6) is 0 Å². The third-order valence-electron chi connectivity index (χ3n) is 0.867. The Morgan fingerprint density at radius 3 is 2.25 bits per heavy atom. The summed E-state index contributed by atoms with van der Waals surface area (Å²) in [6.07, 6.45) is 0. The van der Waals surface area contributed by atoms with E-state index < -0.39 is 14.1 Å². The molecule has 0 saturated carbocycles. The molecule has 0 fully saturated rings. The van der Waals surface area contributed by atoms with Crippen molar-refractivity contribution in [3.63, 3.8) is 0 Å². The Labute approximate surface area is 55.4 Å². The van der Waals surface area contributed by atoms with Gasteiger partial charge in [-0.2, -0.15) is 0 Å². The van der Waals surface area contributed by atoms with Gasteiger partial charge in [-0.05, 0) is 6.92 Å². The smallest absolute Gasteiger partial charge is 0.288 e. The normalized spacial score (nSPS) is 11.8. The SMILES string of the molecule is C/C(=[CH]\[Al]([CH3])[CH3])CO. The molecule has 0 aromatic rings. The molecule has 0 spiro atoms. The maximum absolute atomic E-state index is 8.54. The van der Waals surface area contributed by atoms with Crippen molar-refractivity contribution < 1.29 is 5.11 Å². The Balaban J connectivity index is 3.56. The summed E-state index contributed by atoms with van der Waals surface area (Å²) < 4.78 is 0. The zero-order valence-electron chi connectivity index (χ0n) is 5.81. The van der Waals surface area contributed by atoms with Crippen LogP contribution in [0.15, 0.2) is 10.5 Å². The lowest BCUT2D eigenvalue weighted by Gasteiger charge is -1.92. The number of aliphatic hydroxyl groups is 1. The Hall–Kier alpha value is 0.232. The zero-order chi connectivity index (χ0) is 6.57. The topological polar surface area (TPSA) is 20.2 Å². The molecule has 1 N–H and O–H groups in total. The molecule has 0 rings (SSSR count). The van der Waals surface area contributed by atoms with Gasteiger partial charge in [0.05, 0.1) is 6.61 Å². The van der Waals surface area contributed by atoms with E-state index >= 15 is 0 Å². The summed E-state index contributed by atoms with van der Waals surface area (Å²) >= 11 is -0.568. The minimum Gasteiger partial charge on any atom is -0.392 e. The second-order valence-corrected chi connectivity index (χ2v) is 5.24. The molecule has 0 heterocycles. The maximum atomic E-state index is 8.54. The first kappa shape index (κ1) is 8.23. The van der Waals surface area contributed by atoms with Gasteiger partial charge in [0.25, 0.3) is 14.1 Å². The molecule has 0 aliphatic rings. The average Bonchev–Trinajstić information content (AvgIpc) is 1.65. The van der Waals surface area contributed by atoms with Crippen LogP contribution in [0.3, 0.4) is 0 Å². The van der Waals surface area contributed by atoms with Gasteiger partial charge in [0, 0.05) is 0 Å². The van der Waals surface area contributed by atoms with Crippen molar-refractivity contribution in [2.75, 3.05) is 6.61 Å². The molecule has 0 aliphatic carbocycles. The predicted molar refractivity (Wildman–Crippen MR) is 38.3 cm³/mol. The zero-order valence-corrected chi connectivity index (χ0v) is 6.96. The van der Waals surface area contributed by atoms with Crippen LogP contribution >= 0.6 is 0 Å². The fraction of sp³-hybridized carbons (Fsp3) is 0.667. The van der Waals surface area contributed by atoms with E-state index in [0.717, 1.165) is 5.57 Å². The molecule has 0 bridgehead atoms. The average molecular weight is 128 g/mol. The lowest BCUT2D eigenvalue weighted by molar-refractivity contribution is 0.331. The molecule has 2 heteroatoms. The van der Waals surface area contributed by atoms with E-state index in [0.29, 0.717) is 0 Å². The molecule has 0 unspecified atom stereocenters. The molecular weight excluding hydrogens is 115 g/mol. The lowest BCUT2D eigenvalue weighted by Crippen LogP contribution is -1.97. The fourth-order valence-corrected chi connectivity index (χ4v) is 1.87. The fourth-order valence-electron chi connectivity index (χ4n) is 0.622. The molecule has 0 aromatic carbocycles. The second-order valence-electron chi connectivity index (χ2n) is 2.42. The first-order valence-electron chi connectivity index (χ1n) is 2.95. The molecule has 0 aliphatic heterocycles. The number of hydrogen-bond donors (Lipinski definition) is 1. The lowest BCUT2D eigenvalue weighted by atomic mass is 10.4. The molecule has 0 amide bonds. The molecule has 0 aromatic heterocycles. The van der Waals surface area contributed by atoms with E-state index in [1.165, 1.54) is 0 Å². The minimum absolute atomic E-state index is 0.227. The Kier molecular flexibility index (Phi) is 4.27. The summed E-state index contributed by atoms with van der Waals surface area (Å²) in [7, 11) is 0. The van der Waals surface area contributed by atoms with Gasteiger partial charge < -0.3 is 5.11 Å². The highest BCUT2D eigenvalue weighted by molar-refractivity contribution is 6.61. The van der Waals surface area contributed by atoms with Gasteiger partial charge in [-0.15, -0.1) is 16.5 Å². The second kappa shape index (κ2) is 4.15. The van der Waals surface area contributed by atoms with E-state index in [1.54, 1.807) is 0 Å². The van der Waals surface area contributed by atoms with Gasteiger partial charge in [-0.3, -0.25) is 0 Å². The van der Waals surface area contributed by atoms with E-state index in [2.05, 4.69) is 16.5 Å². The van der Waals surface area contributed by atoms with E-state index in [9.17, 15) is 0 Å². The first-order valence-corrected chi connectivity index (χ1v) is 5.92. The van der Waals surface area contributed by atoms with Crippen LogP contribution in [0, 0.1) is 0 Å². The highest BCUT2D eigenvalue weighted by atomic mass is 27.2. The van der Waals surface area contributed by atoms with Crippen molar-refractivity contribution in [1.82, 2.24) is 0 Å². The van der Waals surface area contributed by atoms with Crippen LogP contribution in [0.4, 0.5) is 0 Å². The summed E-state index contributed by atoms with van der Waals surface area (Å²) in [6.45, 7) is 2.19. The molecule has 1 nitrogen and oxygen atoms in total. The van der Waals surface area contributed by atoms with Crippen molar-refractivity contribution in [1.29, 1.82) is 0 Å². The Bertz CT molecular complexity index is 86.5. The van der Waals surface area contributed by atoms with Crippen LogP contribution in [0.25, 0.3) is 0 Å². The maximum Gasteiger partial charge on any atom is 0.288 e. The molecule has 8 heavy (non-hydrogen) atoms. The largest absolute Gasteiger partial charge is 0.392 e. The first-order chi connectivity index (χ1) is 3.66. The third-order valence-corrected chi connectivity index (χ3v) is 2.10. The monoisotopic (exact) mass is 128 g/mol. The van der Waals surface area contributed by atoms with Crippen molar-refractivity contribution in [2.24, 2.45) is 0 Å². The van der Waals surface area contributed by atoms with Gasteiger partial charge in [-0.1, -0.05) is 5.57 Å². The predicted octanol–water partition coefficient (Wildman–Crippen LogP) is 1.22. The molecule has 0 radical (unpaired) electrons. The third kappa shape index (κ3) is 4.39. The van der Waals surface area contributed by atoms with Crippen LogP contribution in [0.2, 0.25) is 11.6 Å². The van der Waals surface area contributed by atoms with Gasteiger partial charge in [0.15, 0.2) is 0 Å². The van der Waals surface area contributed by atoms with Crippen LogP contribution in [-0.2, 0) is 0 Å². The highest BCUT2D eigenvalue weighted by Gasteiger charge is 1.95. The summed E-state index contributed by atoms with van der Waals surface area (Å²) in [5.41, 5.74) is 1.12. The van der Waals surface area contributed by atoms with Crippen molar-refractivity contribution in [3.8, 4) is 0 Å². The van der Waals surface area contributed by atoms with E-state index in [1.807, 2.05) is 6.92 Å². The quantitative estimate of drug-likeness (QED) is 0.554. The van der Waals surface area contributed by atoms with Gasteiger partial charge in [0.2, 0.25) is 0 Å². The van der Waals surface area contributed by atoms with E-state index in [-0.39, 0.29) is 6.61 Å².